The molecule has 0 radical (unpaired) electrons. The highest BCUT2D eigenvalue weighted by Crippen LogP contribution is 2.37. The molecule has 9 aromatic rings. The molecular weight excluding hydrogens is 578 g/mol. The second-order valence-electron chi connectivity index (χ2n) is 11.4. The molecule has 0 unspecified atom stereocenters. The van der Waals surface area contributed by atoms with E-state index in [-0.39, 0.29) is 0 Å². The van der Waals surface area contributed by atoms with Crippen LogP contribution in [0.25, 0.3) is 55.3 Å². The van der Waals surface area contributed by atoms with E-state index in [1.807, 2.05) is 48.5 Å². The average Bonchev–Trinajstić information content (AvgIpc) is 3.78. The Kier molecular flexibility index (Phi) is 6.31. The van der Waals surface area contributed by atoms with Gasteiger partial charge in [-0.2, -0.15) is 9.59 Å². The van der Waals surface area contributed by atoms with E-state index >= 15 is 0 Å². The molecule has 7 aromatic carbocycles. The predicted octanol–water partition coefficient (Wildman–Crippen LogP) is 9.44. The lowest BCUT2D eigenvalue weighted by atomic mass is 9.98. The summed E-state index contributed by atoms with van der Waals surface area (Å²) in [5, 5.41) is 21.1. The maximum atomic E-state index is 4.67. The van der Waals surface area contributed by atoms with Crippen LogP contribution in [0.3, 0.4) is 0 Å². The maximum Gasteiger partial charge on any atom is 0.113 e. The fourth-order valence-electron chi connectivity index (χ4n) is 6.13. The first-order valence-electron chi connectivity index (χ1n) is 15.5. The molecule has 2 heterocycles. The topological polar surface area (TPSA) is 64.7 Å². The normalized spacial score (nSPS) is 11.4. The molecule has 7 heteroatoms. The van der Waals surface area contributed by atoms with Gasteiger partial charge in [0.2, 0.25) is 0 Å². The van der Waals surface area contributed by atoms with Crippen LogP contribution < -0.4 is 4.90 Å². The zero-order chi connectivity index (χ0) is 31.2. The van der Waals surface area contributed by atoms with E-state index in [0.29, 0.717) is 0 Å². The van der Waals surface area contributed by atoms with Crippen molar-refractivity contribution < 1.29 is 0 Å². The van der Waals surface area contributed by atoms with Gasteiger partial charge >= 0.3 is 0 Å². The summed E-state index contributed by atoms with van der Waals surface area (Å²) < 4.78 is 0. The number of fused-ring (bicyclic) bond motifs is 3. The van der Waals surface area contributed by atoms with Crippen molar-refractivity contribution in [3.05, 3.63) is 164 Å². The van der Waals surface area contributed by atoms with Gasteiger partial charge in [-0.25, -0.2) is 0 Å². The third-order valence-electron chi connectivity index (χ3n) is 8.48. The molecule has 0 aliphatic carbocycles. The lowest BCUT2D eigenvalue weighted by Crippen LogP contribution is -2.10. The van der Waals surface area contributed by atoms with E-state index in [4.69, 9.17) is 0 Å². The summed E-state index contributed by atoms with van der Waals surface area (Å²) >= 11 is 0. The minimum atomic E-state index is 0.865. The number of hydrogen-bond donors (Lipinski definition) is 0. The molecule has 0 amide bonds. The highest BCUT2D eigenvalue weighted by atomic mass is 15.5. The van der Waals surface area contributed by atoms with Gasteiger partial charge in [0, 0.05) is 17.1 Å². The van der Waals surface area contributed by atoms with E-state index in [0.717, 1.165) is 50.5 Å². The summed E-state index contributed by atoms with van der Waals surface area (Å²) in [5.74, 6) is 0. The molecule has 0 spiro atoms. The van der Waals surface area contributed by atoms with Crippen molar-refractivity contribution in [1.82, 2.24) is 30.0 Å². The fourth-order valence-corrected chi connectivity index (χ4v) is 6.13. The van der Waals surface area contributed by atoms with E-state index in [2.05, 4.69) is 141 Å². The molecule has 0 saturated heterocycles. The third kappa shape index (κ3) is 4.87. The van der Waals surface area contributed by atoms with E-state index in [1.165, 1.54) is 21.9 Å². The van der Waals surface area contributed by atoms with E-state index in [1.54, 1.807) is 9.59 Å². The van der Waals surface area contributed by atoms with Gasteiger partial charge in [0.05, 0.1) is 11.4 Å². The Hall–Kier alpha value is -6.60. The first kappa shape index (κ1) is 26.8. The molecule has 0 bridgehead atoms. The number of hydrogen-bond acceptors (Lipinski definition) is 5. The maximum absolute atomic E-state index is 4.67. The Morgan fingerprint density at radius 1 is 0.362 bits per heavy atom. The highest BCUT2D eigenvalue weighted by molar-refractivity contribution is 5.97. The molecule has 0 saturated carbocycles. The lowest BCUT2D eigenvalue weighted by Gasteiger charge is -2.26. The lowest BCUT2D eigenvalue weighted by molar-refractivity contribution is 0.765. The van der Waals surface area contributed by atoms with Crippen molar-refractivity contribution in [3.63, 3.8) is 0 Å². The van der Waals surface area contributed by atoms with E-state index in [9.17, 15) is 0 Å². The van der Waals surface area contributed by atoms with Gasteiger partial charge in [-0.1, -0.05) is 78.9 Å². The molecule has 9 rings (SSSR count). The molecule has 7 nitrogen and oxygen atoms in total. The van der Waals surface area contributed by atoms with Gasteiger partial charge in [-0.15, -0.1) is 20.4 Å². The molecule has 0 atom stereocenters. The first-order chi connectivity index (χ1) is 23.3. The number of nitrogens with zero attached hydrogens (tertiary/aromatic N) is 7. The van der Waals surface area contributed by atoms with Gasteiger partial charge < -0.3 is 4.90 Å². The Morgan fingerprint density at radius 2 is 0.766 bits per heavy atom. The Morgan fingerprint density at radius 3 is 1.26 bits per heavy atom. The van der Waals surface area contributed by atoms with Crippen molar-refractivity contribution in [3.8, 4) is 22.5 Å². The van der Waals surface area contributed by atoms with Crippen LogP contribution in [0.5, 0.6) is 0 Å². The van der Waals surface area contributed by atoms with Crippen LogP contribution >= 0.6 is 0 Å². The highest BCUT2D eigenvalue weighted by Gasteiger charge is 2.15. The molecule has 0 fully saturated rings. The van der Waals surface area contributed by atoms with Crippen molar-refractivity contribution in [2.75, 3.05) is 4.90 Å². The molecule has 0 N–H and O–H groups in total. The fraction of sp³-hybridized carbons (Fsp3) is 0. The van der Waals surface area contributed by atoms with Gasteiger partial charge in [0.1, 0.15) is 22.1 Å². The summed E-state index contributed by atoms with van der Waals surface area (Å²) in [6, 6.07) is 56.2. The molecular formula is C40H27N7. The molecule has 0 aliphatic heterocycles. The van der Waals surface area contributed by atoms with Crippen molar-refractivity contribution in [1.29, 1.82) is 0 Å². The Bertz CT molecular complexity index is 2320. The van der Waals surface area contributed by atoms with Gasteiger partial charge in [-0.3, -0.25) is 0 Å². The van der Waals surface area contributed by atoms with Crippen LogP contribution in [0.15, 0.2) is 164 Å². The Balaban J connectivity index is 1.10. The number of anilines is 3. The minimum Gasteiger partial charge on any atom is -0.311 e. The smallest absolute Gasteiger partial charge is 0.113 e. The van der Waals surface area contributed by atoms with Crippen LogP contribution in [0.1, 0.15) is 0 Å². The van der Waals surface area contributed by atoms with Crippen LogP contribution in [-0.2, 0) is 0 Å². The SMILES string of the molecule is c1ccc2c(-c3ccc(N(c4ccc(-n5nc6ccccc6n5)cc4)c4ccc(-n5nc6ccccc6n5)cc4)cc3)cccc2c1. The van der Waals surface area contributed by atoms with Gasteiger partial charge in [-0.05, 0) is 107 Å². The standard InChI is InChI=1S/C40H27N7/c1-2-10-35-28(8-1)9-7-11-36(35)29-16-18-30(19-17-29)45(31-20-24-33(25-21-31)46-41-37-12-3-4-13-38(37)42-46)32-22-26-34(27-23-32)47-43-39-14-5-6-15-40(39)44-47/h1-27H. The predicted molar refractivity (Wildman–Crippen MR) is 189 cm³/mol. The van der Waals surface area contributed by atoms with Gasteiger partial charge in [0.25, 0.3) is 0 Å². The number of rotatable bonds is 6. The van der Waals surface area contributed by atoms with Crippen LogP contribution in [-0.4, -0.2) is 30.0 Å². The molecule has 2 aromatic heterocycles. The van der Waals surface area contributed by atoms with E-state index < -0.39 is 0 Å². The van der Waals surface area contributed by atoms with Crippen molar-refractivity contribution >= 4 is 49.9 Å². The van der Waals surface area contributed by atoms with Crippen molar-refractivity contribution in [2.24, 2.45) is 0 Å². The summed E-state index contributed by atoms with van der Waals surface area (Å²) in [7, 11) is 0. The third-order valence-corrected chi connectivity index (χ3v) is 8.48. The first-order valence-corrected chi connectivity index (χ1v) is 15.5. The number of aromatic nitrogens is 6. The summed E-state index contributed by atoms with van der Waals surface area (Å²) in [6.45, 7) is 0. The zero-order valence-electron chi connectivity index (χ0n) is 25.2. The minimum absolute atomic E-state index is 0.865. The van der Waals surface area contributed by atoms with Crippen LogP contribution in [0.2, 0.25) is 0 Å². The average molecular weight is 606 g/mol. The summed E-state index contributed by atoms with van der Waals surface area (Å²) in [5.41, 5.74) is 10.7. The summed E-state index contributed by atoms with van der Waals surface area (Å²) in [6.07, 6.45) is 0. The van der Waals surface area contributed by atoms with Crippen molar-refractivity contribution in [2.45, 2.75) is 0 Å². The van der Waals surface area contributed by atoms with Crippen LogP contribution in [0.4, 0.5) is 17.1 Å². The largest absolute Gasteiger partial charge is 0.311 e. The number of benzene rings is 7. The monoisotopic (exact) mass is 605 g/mol. The second kappa shape index (κ2) is 11.1. The van der Waals surface area contributed by atoms with Gasteiger partial charge in [0.15, 0.2) is 0 Å². The molecule has 0 aliphatic rings. The Labute approximate surface area is 270 Å². The molecule has 222 valence electrons. The second-order valence-corrected chi connectivity index (χ2v) is 11.4. The van der Waals surface area contributed by atoms with Crippen LogP contribution in [0, 0.1) is 0 Å². The summed E-state index contributed by atoms with van der Waals surface area (Å²) in [4.78, 5) is 5.63. The quantitative estimate of drug-likeness (QED) is 0.189. The zero-order valence-corrected chi connectivity index (χ0v) is 25.2. The molecule has 47 heavy (non-hydrogen) atoms.